The Morgan fingerprint density at radius 1 is 1.03 bits per heavy atom. The fourth-order valence-corrected chi connectivity index (χ4v) is 6.84. The molecule has 0 aromatic heterocycles. The van der Waals surface area contributed by atoms with Crippen molar-refractivity contribution in [2.75, 3.05) is 11.5 Å². The first-order valence-corrected chi connectivity index (χ1v) is 14.2. The van der Waals surface area contributed by atoms with E-state index < -0.39 is 17.8 Å². The minimum Gasteiger partial charge on any atom is -0.460 e. The third kappa shape index (κ3) is 13.9. The molecule has 1 saturated heterocycles. The topological polar surface area (TPSA) is 66.8 Å². The van der Waals surface area contributed by atoms with Gasteiger partial charge in [0.05, 0.1) is 16.3 Å². The van der Waals surface area contributed by atoms with E-state index in [2.05, 4.69) is 13.0 Å². The van der Waals surface area contributed by atoms with E-state index in [4.69, 9.17) is 4.74 Å². The lowest BCUT2D eigenvalue weighted by Gasteiger charge is -2.34. The number of rotatable bonds is 15. The molecule has 0 aromatic carbocycles. The number of hydrogen-bond acceptors (Lipinski definition) is 6. The zero-order chi connectivity index (χ0) is 23.2. The summed E-state index contributed by atoms with van der Waals surface area (Å²) in [5.41, 5.74) is -0.395. The maximum atomic E-state index is 11.8. The van der Waals surface area contributed by atoms with Crippen LogP contribution in [-0.2, 0) is 9.53 Å². The summed E-state index contributed by atoms with van der Waals surface area (Å²) in [6, 6.07) is 0. The molecule has 1 rings (SSSR count). The van der Waals surface area contributed by atoms with Crippen LogP contribution >= 0.6 is 23.5 Å². The van der Waals surface area contributed by atoms with Gasteiger partial charge in [-0.2, -0.15) is 0 Å². The van der Waals surface area contributed by atoms with Crippen molar-refractivity contribution in [3.05, 3.63) is 12.2 Å². The highest BCUT2D eigenvalue weighted by Gasteiger charge is 2.31. The molecule has 0 unspecified atom stereocenters. The smallest absolute Gasteiger partial charge is 0.306 e. The van der Waals surface area contributed by atoms with E-state index in [9.17, 15) is 15.0 Å². The van der Waals surface area contributed by atoms with Crippen LogP contribution < -0.4 is 0 Å². The van der Waals surface area contributed by atoms with Gasteiger partial charge in [-0.05, 0) is 58.0 Å². The van der Waals surface area contributed by atoms with Gasteiger partial charge >= 0.3 is 5.97 Å². The number of carbonyl (C=O) groups is 1. The molecule has 1 fully saturated rings. The average Bonchev–Trinajstić information content (AvgIpc) is 2.71. The quantitative estimate of drug-likeness (QED) is 0.161. The summed E-state index contributed by atoms with van der Waals surface area (Å²) in [4.78, 5) is 11.8. The van der Waals surface area contributed by atoms with Crippen LogP contribution in [0.4, 0.5) is 0 Å². The summed E-state index contributed by atoms with van der Waals surface area (Å²) in [5.74, 6) is 2.21. The van der Waals surface area contributed by atoms with Gasteiger partial charge in [-0.15, -0.1) is 23.5 Å². The zero-order valence-electron chi connectivity index (χ0n) is 20.2. The number of aliphatic hydroxyl groups excluding tert-OH is 2. The van der Waals surface area contributed by atoms with Crippen LogP contribution in [0.3, 0.4) is 0 Å². The first-order chi connectivity index (χ1) is 14.7. The Hall–Kier alpha value is -0.170. The number of hydrogen-bond donors (Lipinski definition) is 2. The van der Waals surface area contributed by atoms with Crippen LogP contribution in [0.5, 0.6) is 0 Å². The second kappa shape index (κ2) is 15.6. The molecule has 1 aliphatic heterocycles. The zero-order valence-corrected chi connectivity index (χ0v) is 21.9. The molecule has 6 heteroatoms. The van der Waals surface area contributed by atoms with Crippen molar-refractivity contribution in [1.82, 2.24) is 0 Å². The summed E-state index contributed by atoms with van der Waals surface area (Å²) in [5, 5.41) is 20.6. The highest BCUT2D eigenvalue weighted by Crippen LogP contribution is 2.47. The van der Waals surface area contributed by atoms with E-state index >= 15 is 0 Å². The normalized spacial score (nSPS) is 18.8. The molecule has 2 atom stereocenters. The van der Waals surface area contributed by atoms with E-state index in [0.29, 0.717) is 12.8 Å². The van der Waals surface area contributed by atoms with Gasteiger partial charge in [0.1, 0.15) is 5.60 Å². The second-order valence-corrected chi connectivity index (χ2v) is 12.7. The lowest BCUT2D eigenvalue weighted by atomic mass is 10.0. The van der Waals surface area contributed by atoms with Crippen molar-refractivity contribution in [2.45, 2.75) is 127 Å². The van der Waals surface area contributed by atoms with E-state index in [1.165, 1.54) is 6.42 Å². The van der Waals surface area contributed by atoms with Crippen molar-refractivity contribution in [3.63, 3.8) is 0 Å². The molecule has 4 nitrogen and oxygen atoms in total. The van der Waals surface area contributed by atoms with Crippen molar-refractivity contribution in [3.8, 4) is 0 Å². The summed E-state index contributed by atoms with van der Waals surface area (Å²) in [7, 11) is 0. The Labute approximate surface area is 199 Å². The van der Waals surface area contributed by atoms with Gasteiger partial charge in [-0.25, -0.2) is 0 Å². The number of thioether (sulfide) groups is 2. The average molecular weight is 475 g/mol. The molecule has 31 heavy (non-hydrogen) atoms. The van der Waals surface area contributed by atoms with Crippen molar-refractivity contribution >= 4 is 29.5 Å². The molecule has 1 aliphatic rings. The van der Waals surface area contributed by atoms with Crippen LogP contribution in [0, 0.1) is 0 Å². The Morgan fingerprint density at radius 3 is 2.32 bits per heavy atom. The lowest BCUT2D eigenvalue weighted by molar-refractivity contribution is -0.154. The number of esters is 1. The molecule has 1 heterocycles. The Balaban J connectivity index is 2.34. The minimum atomic E-state index is -0.773. The van der Waals surface area contributed by atoms with Gasteiger partial charge in [-0.3, -0.25) is 4.79 Å². The Bertz CT molecular complexity index is 510. The van der Waals surface area contributed by atoms with Crippen LogP contribution in [0.15, 0.2) is 12.2 Å². The Kier molecular flexibility index (Phi) is 14.6. The van der Waals surface area contributed by atoms with Crippen LogP contribution in [-0.4, -0.2) is 49.6 Å². The van der Waals surface area contributed by atoms with E-state index in [1.54, 1.807) is 0 Å². The monoisotopic (exact) mass is 474 g/mol. The molecule has 0 aromatic rings. The number of aliphatic hydroxyl groups is 2. The van der Waals surface area contributed by atoms with Gasteiger partial charge in [0.2, 0.25) is 0 Å². The summed E-state index contributed by atoms with van der Waals surface area (Å²) >= 11 is 3.97. The largest absolute Gasteiger partial charge is 0.460 e. The summed E-state index contributed by atoms with van der Waals surface area (Å²) in [6.07, 6.45) is 14.6. The van der Waals surface area contributed by atoms with Gasteiger partial charge in [-0.1, -0.05) is 64.0 Å². The fraction of sp³-hybridized carbons (Fsp3) is 0.880. The Morgan fingerprint density at radius 2 is 1.68 bits per heavy atom. The SMILES string of the molecule is CCCCC[C@@H](O)[C@H](O)C=CC1(CCCCCCCC(=O)OC(C)(C)C)SCCCS1. The van der Waals surface area contributed by atoms with E-state index in [0.717, 1.165) is 69.3 Å². The van der Waals surface area contributed by atoms with Gasteiger partial charge in [0.25, 0.3) is 0 Å². The third-order valence-electron chi connectivity index (χ3n) is 5.35. The fourth-order valence-electron chi connectivity index (χ4n) is 3.63. The van der Waals surface area contributed by atoms with Crippen LogP contribution in [0.25, 0.3) is 0 Å². The van der Waals surface area contributed by atoms with E-state index in [1.807, 2.05) is 50.4 Å². The lowest BCUT2D eigenvalue weighted by Crippen LogP contribution is -2.27. The van der Waals surface area contributed by atoms with Gasteiger partial charge < -0.3 is 14.9 Å². The predicted octanol–water partition coefficient (Wildman–Crippen LogP) is 6.48. The number of ether oxygens (including phenoxy) is 1. The molecule has 0 aliphatic carbocycles. The standard InChI is InChI=1S/C25H46O4S2/c1-5-6-10-14-21(26)22(27)16-18-25(30-19-13-20-31-25)17-12-9-7-8-11-15-23(28)29-24(2,3)4/h16,18,21-22,26-27H,5-15,17,19-20H2,1-4H3/t21-,22-/m1/s1. The molecular weight excluding hydrogens is 428 g/mol. The predicted molar refractivity (Wildman–Crippen MR) is 136 cm³/mol. The summed E-state index contributed by atoms with van der Waals surface area (Å²) in [6.45, 7) is 7.86. The van der Waals surface area contributed by atoms with Gasteiger partial charge in [0, 0.05) is 6.42 Å². The van der Waals surface area contributed by atoms with Crippen LogP contribution in [0.2, 0.25) is 0 Å². The first kappa shape index (κ1) is 28.9. The molecule has 2 N–H and O–H groups in total. The molecule has 0 spiro atoms. The minimum absolute atomic E-state index is 0.0267. The first-order valence-electron chi connectivity index (χ1n) is 12.2. The summed E-state index contributed by atoms with van der Waals surface area (Å²) < 4.78 is 5.38. The molecule has 0 bridgehead atoms. The van der Waals surface area contributed by atoms with E-state index in [-0.39, 0.29) is 10.0 Å². The molecular formula is C25H46O4S2. The highest BCUT2D eigenvalue weighted by atomic mass is 32.2. The third-order valence-corrected chi connectivity index (χ3v) is 8.70. The van der Waals surface area contributed by atoms with Crippen molar-refractivity contribution < 1.29 is 19.7 Å². The van der Waals surface area contributed by atoms with Gasteiger partial charge in [0.15, 0.2) is 0 Å². The van der Waals surface area contributed by atoms with Crippen molar-refractivity contribution in [2.24, 2.45) is 0 Å². The maximum absolute atomic E-state index is 11.8. The maximum Gasteiger partial charge on any atom is 0.306 e. The molecule has 0 radical (unpaired) electrons. The number of unbranched alkanes of at least 4 members (excludes halogenated alkanes) is 6. The molecule has 0 amide bonds. The van der Waals surface area contributed by atoms with Crippen molar-refractivity contribution in [1.29, 1.82) is 0 Å². The second-order valence-electron chi connectivity index (χ2n) is 9.63. The van der Waals surface area contributed by atoms with Crippen LogP contribution in [0.1, 0.15) is 105 Å². The number of carbonyl (C=O) groups excluding carboxylic acids is 1. The molecule has 0 saturated carbocycles. The highest BCUT2D eigenvalue weighted by molar-refractivity contribution is 8.19. The molecule has 182 valence electrons.